The van der Waals surface area contributed by atoms with Crippen molar-refractivity contribution in [2.24, 2.45) is 5.16 Å². The molecular formula is C24H21Cl2F2N3O2. The van der Waals surface area contributed by atoms with E-state index in [-0.39, 0.29) is 33.0 Å². The Kier molecular flexibility index (Phi) is 7.12. The molecule has 4 rings (SSSR count). The van der Waals surface area contributed by atoms with Crippen molar-refractivity contribution in [3.63, 3.8) is 0 Å². The molecule has 2 aromatic carbocycles. The van der Waals surface area contributed by atoms with E-state index in [4.69, 9.17) is 28.0 Å². The highest BCUT2D eigenvalue weighted by Crippen LogP contribution is 2.28. The second-order valence-corrected chi connectivity index (χ2v) is 8.68. The van der Waals surface area contributed by atoms with Gasteiger partial charge in [-0.25, -0.2) is 8.78 Å². The average molecular weight is 492 g/mol. The van der Waals surface area contributed by atoms with Gasteiger partial charge in [0.25, 0.3) is 5.56 Å². The summed E-state index contributed by atoms with van der Waals surface area (Å²) in [4.78, 5) is 20.6. The number of piperidine rings is 1. The molecule has 0 aliphatic carbocycles. The fraction of sp³-hybridized carbons (Fsp3) is 0.250. The molecule has 2 heterocycles. The zero-order chi connectivity index (χ0) is 23.5. The van der Waals surface area contributed by atoms with Gasteiger partial charge < -0.3 is 9.74 Å². The molecule has 172 valence electrons. The van der Waals surface area contributed by atoms with E-state index in [1.54, 1.807) is 18.2 Å². The normalized spacial score (nSPS) is 15.6. The first kappa shape index (κ1) is 23.4. The fourth-order valence-corrected chi connectivity index (χ4v) is 4.26. The smallest absolute Gasteiger partial charge is 0.255 e. The molecule has 5 nitrogen and oxygen atoms in total. The van der Waals surface area contributed by atoms with Crippen LogP contribution in [0.15, 0.2) is 64.7 Å². The lowest BCUT2D eigenvalue weighted by Gasteiger charge is -2.27. The molecule has 1 aliphatic heterocycles. The van der Waals surface area contributed by atoms with Gasteiger partial charge in [-0.1, -0.05) is 34.4 Å². The van der Waals surface area contributed by atoms with E-state index in [2.05, 4.69) is 10.1 Å². The van der Waals surface area contributed by atoms with Crippen LogP contribution in [0.5, 0.6) is 0 Å². The van der Waals surface area contributed by atoms with Gasteiger partial charge in [0.05, 0.1) is 15.7 Å². The molecule has 33 heavy (non-hydrogen) atoms. The third kappa shape index (κ3) is 5.27. The maximum absolute atomic E-state index is 14.7. The molecule has 3 aromatic rings. The number of hydrogen-bond donors (Lipinski definition) is 0. The van der Waals surface area contributed by atoms with Crippen LogP contribution in [0.4, 0.5) is 8.78 Å². The Balaban J connectivity index is 1.80. The van der Waals surface area contributed by atoms with Gasteiger partial charge in [0.1, 0.15) is 23.5 Å². The predicted octanol–water partition coefficient (Wildman–Crippen LogP) is 5.29. The number of benzene rings is 2. The second-order valence-electron chi connectivity index (χ2n) is 7.87. The Bertz CT molecular complexity index is 1230. The number of hydrogen-bond acceptors (Lipinski definition) is 4. The Hall–Kier alpha value is -2.74. The minimum atomic E-state index is -0.797. The minimum Gasteiger partial charge on any atom is -0.392 e. The first-order valence-electron chi connectivity index (χ1n) is 10.4. The number of likely N-dealkylation sites (tertiary alicyclic amines) is 1. The summed E-state index contributed by atoms with van der Waals surface area (Å²) in [6.45, 7) is 1.71. The van der Waals surface area contributed by atoms with Crippen LogP contribution in [0, 0.1) is 11.6 Å². The van der Waals surface area contributed by atoms with Crippen molar-refractivity contribution >= 4 is 28.9 Å². The minimum absolute atomic E-state index is 0.0415. The molecule has 1 saturated heterocycles. The predicted molar refractivity (Wildman–Crippen MR) is 126 cm³/mol. The molecule has 0 bridgehead atoms. The maximum atomic E-state index is 14.7. The lowest BCUT2D eigenvalue weighted by Crippen LogP contribution is -2.33. The van der Waals surface area contributed by atoms with E-state index in [1.807, 2.05) is 7.05 Å². The van der Waals surface area contributed by atoms with Gasteiger partial charge >= 0.3 is 0 Å². The largest absolute Gasteiger partial charge is 0.392 e. The number of aromatic nitrogens is 1. The average Bonchev–Trinajstić information content (AvgIpc) is 2.78. The molecular weight excluding hydrogens is 471 g/mol. The Morgan fingerprint density at radius 1 is 1.06 bits per heavy atom. The van der Waals surface area contributed by atoms with Crippen LogP contribution >= 0.6 is 23.2 Å². The van der Waals surface area contributed by atoms with Crippen LogP contribution in [-0.2, 0) is 4.84 Å². The van der Waals surface area contributed by atoms with Crippen molar-refractivity contribution < 1.29 is 13.6 Å². The van der Waals surface area contributed by atoms with Crippen LogP contribution in [0.3, 0.4) is 0 Å². The lowest BCUT2D eigenvalue weighted by molar-refractivity contribution is 0.0163. The maximum Gasteiger partial charge on any atom is 0.255 e. The lowest BCUT2D eigenvalue weighted by atomic mass is 10.0. The van der Waals surface area contributed by atoms with E-state index in [9.17, 15) is 13.6 Å². The number of nitrogens with zero attached hydrogens (tertiary/aromatic N) is 3. The van der Waals surface area contributed by atoms with Gasteiger partial charge in [-0.2, -0.15) is 0 Å². The highest BCUT2D eigenvalue weighted by Gasteiger charge is 2.21. The third-order valence-electron chi connectivity index (χ3n) is 5.51. The van der Waals surface area contributed by atoms with Crippen LogP contribution in [-0.4, -0.2) is 41.4 Å². The van der Waals surface area contributed by atoms with Crippen molar-refractivity contribution in [3.8, 4) is 5.69 Å². The molecule has 0 N–H and O–H groups in total. The summed E-state index contributed by atoms with van der Waals surface area (Å²) in [5.74, 6) is -1.51. The highest BCUT2D eigenvalue weighted by molar-refractivity contribution is 6.37. The monoisotopic (exact) mass is 491 g/mol. The Labute approximate surface area is 199 Å². The number of oxime groups is 1. The molecule has 1 aliphatic rings. The topological polar surface area (TPSA) is 46.8 Å². The van der Waals surface area contributed by atoms with Gasteiger partial charge in [-0.15, -0.1) is 0 Å². The van der Waals surface area contributed by atoms with Gasteiger partial charge in [0.2, 0.25) is 0 Å². The zero-order valence-electron chi connectivity index (χ0n) is 17.8. The Morgan fingerprint density at radius 2 is 1.76 bits per heavy atom. The molecule has 0 radical (unpaired) electrons. The first-order valence-corrected chi connectivity index (χ1v) is 11.1. The first-order chi connectivity index (χ1) is 15.8. The van der Waals surface area contributed by atoms with E-state index in [0.29, 0.717) is 11.3 Å². The zero-order valence-corrected chi connectivity index (χ0v) is 19.3. The van der Waals surface area contributed by atoms with Crippen molar-refractivity contribution in [3.05, 3.63) is 97.9 Å². The van der Waals surface area contributed by atoms with Crippen molar-refractivity contribution in [1.29, 1.82) is 0 Å². The summed E-state index contributed by atoms with van der Waals surface area (Å²) >= 11 is 12.6. The number of para-hydroxylation sites is 1. The number of halogens is 4. The van der Waals surface area contributed by atoms with Crippen molar-refractivity contribution in [2.75, 3.05) is 20.1 Å². The molecule has 0 amide bonds. The summed E-state index contributed by atoms with van der Waals surface area (Å²) in [6.07, 6.45) is 2.88. The van der Waals surface area contributed by atoms with E-state index in [1.165, 1.54) is 29.0 Å². The molecule has 1 fully saturated rings. The van der Waals surface area contributed by atoms with Crippen LogP contribution in [0.25, 0.3) is 5.69 Å². The summed E-state index contributed by atoms with van der Waals surface area (Å²) < 4.78 is 29.6. The highest BCUT2D eigenvalue weighted by atomic mass is 35.5. The van der Waals surface area contributed by atoms with E-state index in [0.717, 1.165) is 38.1 Å². The molecule has 0 unspecified atom stereocenters. The van der Waals surface area contributed by atoms with E-state index < -0.39 is 11.6 Å². The van der Waals surface area contributed by atoms with Crippen LogP contribution < -0.4 is 5.56 Å². The Morgan fingerprint density at radius 3 is 2.42 bits per heavy atom. The van der Waals surface area contributed by atoms with E-state index >= 15 is 0 Å². The second kappa shape index (κ2) is 10.0. The summed E-state index contributed by atoms with van der Waals surface area (Å²) in [6, 6.07) is 10.9. The number of pyridine rings is 1. The van der Waals surface area contributed by atoms with Gasteiger partial charge in [0.15, 0.2) is 0 Å². The summed E-state index contributed by atoms with van der Waals surface area (Å²) in [7, 11) is 2.03. The fourth-order valence-electron chi connectivity index (χ4n) is 3.68. The van der Waals surface area contributed by atoms with Gasteiger partial charge in [0, 0.05) is 42.5 Å². The van der Waals surface area contributed by atoms with Crippen molar-refractivity contribution in [2.45, 2.75) is 18.9 Å². The van der Waals surface area contributed by atoms with Gasteiger partial charge in [-0.3, -0.25) is 9.36 Å². The molecule has 0 spiro atoms. The number of rotatable bonds is 5. The van der Waals surface area contributed by atoms with Gasteiger partial charge in [-0.05, 0) is 50.2 Å². The standard InChI is InChI=1S/C24H21Cl2F2N3O2/c1-30-11-9-17(10-12-30)33-29-23(18-7-6-16(27)13-21(18)28)15-5-8-22(32)31(14-15)24-19(25)3-2-4-20(24)26/h2-8,13-14,17H,9-12H2,1H3. The van der Waals surface area contributed by atoms with Crippen molar-refractivity contribution in [1.82, 2.24) is 9.47 Å². The van der Waals surface area contributed by atoms with Crippen LogP contribution in [0.1, 0.15) is 24.0 Å². The molecule has 9 heteroatoms. The third-order valence-corrected chi connectivity index (χ3v) is 6.12. The molecule has 1 aromatic heterocycles. The molecule has 0 atom stereocenters. The summed E-state index contributed by atoms with van der Waals surface area (Å²) in [5, 5.41) is 4.81. The van der Waals surface area contributed by atoms with Crippen LogP contribution in [0.2, 0.25) is 10.0 Å². The quantitative estimate of drug-likeness (QED) is 0.360. The molecule has 0 saturated carbocycles. The summed E-state index contributed by atoms with van der Waals surface area (Å²) in [5.41, 5.74) is 0.457. The SMILES string of the molecule is CN1CCC(ON=C(c2ccc(=O)n(-c3c(Cl)cccc3Cl)c2)c2ccc(F)cc2F)CC1.